The first-order valence-corrected chi connectivity index (χ1v) is 9.27. The molecule has 0 bridgehead atoms. The van der Waals surface area contributed by atoms with E-state index in [0.717, 1.165) is 30.5 Å². The standard InChI is InChI=1S/C21H26N2O4/c1-26-20-13-15(9-10-19(20)27-12-11-24)14-22-21(25)23-18-8-4-6-16-5-2-3-7-17(16)18/h4,6,8-10,13,24H,2-3,5,7,11-12,14H2,1H3,(H2,22,23,25). The highest BCUT2D eigenvalue weighted by Gasteiger charge is 2.14. The van der Waals surface area contributed by atoms with Gasteiger partial charge < -0.3 is 25.2 Å². The second-order valence-electron chi connectivity index (χ2n) is 6.52. The lowest BCUT2D eigenvalue weighted by Crippen LogP contribution is -2.29. The number of amides is 2. The zero-order valence-electron chi connectivity index (χ0n) is 15.6. The van der Waals surface area contributed by atoms with E-state index in [0.29, 0.717) is 18.0 Å². The molecule has 0 aliphatic heterocycles. The number of anilines is 1. The highest BCUT2D eigenvalue weighted by Crippen LogP contribution is 2.29. The van der Waals surface area contributed by atoms with Crippen molar-refractivity contribution in [3.05, 3.63) is 53.1 Å². The second-order valence-corrected chi connectivity index (χ2v) is 6.52. The van der Waals surface area contributed by atoms with Crippen molar-refractivity contribution in [3.8, 4) is 11.5 Å². The SMILES string of the molecule is COc1cc(CNC(=O)Nc2cccc3c2CCCC3)ccc1OCCO. The summed E-state index contributed by atoms with van der Waals surface area (Å²) in [6.45, 7) is 0.519. The number of urea groups is 1. The van der Waals surface area contributed by atoms with E-state index >= 15 is 0 Å². The molecule has 0 aromatic heterocycles. The predicted molar refractivity (Wildman–Crippen MR) is 105 cm³/mol. The van der Waals surface area contributed by atoms with Gasteiger partial charge in [0.05, 0.1) is 13.7 Å². The van der Waals surface area contributed by atoms with Crippen molar-refractivity contribution in [1.29, 1.82) is 0 Å². The molecule has 0 fully saturated rings. The molecule has 1 aliphatic carbocycles. The van der Waals surface area contributed by atoms with Crippen molar-refractivity contribution in [1.82, 2.24) is 5.32 Å². The summed E-state index contributed by atoms with van der Waals surface area (Å²) in [5.74, 6) is 1.14. The number of hydrogen-bond acceptors (Lipinski definition) is 4. The molecule has 0 unspecified atom stereocenters. The van der Waals surface area contributed by atoms with E-state index in [9.17, 15) is 4.79 Å². The Bertz CT molecular complexity index is 792. The number of benzene rings is 2. The Morgan fingerprint density at radius 1 is 1.15 bits per heavy atom. The van der Waals surface area contributed by atoms with Gasteiger partial charge in [-0.1, -0.05) is 18.2 Å². The summed E-state index contributed by atoms with van der Waals surface area (Å²) in [4.78, 5) is 12.3. The van der Waals surface area contributed by atoms with Crippen LogP contribution >= 0.6 is 0 Å². The molecule has 3 N–H and O–H groups in total. The van der Waals surface area contributed by atoms with Gasteiger partial charge in [0.1, 0.15) is 6.61 Å². The first-order chi connectivity index (χ1) is 13.2. The summed E-state index contributed by atoms with van der Waals surface area (Å²) in [5.41, 5.74) is 4.39. The van der Waals surface area contributed by atoms with E-state index in [1.54, 1.807) is 13.2 Å². The van der Waals surface area contributed by atoms with E-state index < -0.39 is 0 Å². The molecular weight excluding hydrogens is 344 g/mol. The van der Waals surface area contributed by atoms with E-state index in [1.807, 2.05) is 24.3 Å². The molecule has 6 nitrogen and oxygen atoms in total. The van der Waals surface area contributed by atoms with Crippen LogP contribution in [0.25, 0.3) is 0 Å². The Hall–Kier alpha value is -2.73. The number of aliphatic hydroxyl groups is 1. The third-order valence-corrected chi connectivity index (χ3v) is 4.67. The summed E-state index contributed by atoms with van der Waals surface area (Å²) in [6.07, 6.45) is 4.47. The lowest BCUT2D eigenvalue weighted by atomic mass is 9.90. The fourth-order valence-electron chi connectivity index (χ4n) is 3.34. The first kappa shape index (κ1) is 19.0. The minimum absolute atomic E-state index is 0.0597. The fourth-order valence-corrected chi connectivity index (χ4v) is 3.34. The van der Waals surface area contributed by atoms with Crippen LogP contribution in [-0.2, 0) is 19.4 Å². The average molecular weight is 370 g/mol. The summed E-state index contributed by atoms with van der Waals surface area (Å²) >= 11 is 0. The van der Waals surface area contributed by atoms with Gasteiger partial charge >= 0.3 is 6.03 Å². The van der Waals surface area contributed by atoms with Crippen molar-refractivity contribution in [2.45, 2.75) is 32.2 Å². The first-order valence-electron chi connectivity index (χ1n) is 9.27. The van der Waals surface area contributed by atoms with Crippen molar-refractivity contribution >= 4 is 11.7 Å². The predicted octanol–water partition coefficient (Wildman–Crippen LogP) is 3.27. The molecule has 6 heteroatoms. The molecule has 0 spiro atoms. The number of carbonyl (C=O) groups is 1. The minimum Gasteiger partial charge on any atom is -0.493 e. The number of hydrogen-bond donors (Lipinski definition) is 3. The minimum atomic E-state index is -0.228. The lowest BCUT2D eigenvalue weighted by Gasteiger charge is -2.19. The van der Waals surface area contributed by atoms with Crippen LogP contribution in [0.3, 0.4) is 0 Å². The van der Waals surface area contributed by atoms with E-state index in [4.69, 9.17) is 14.6 Å². The van der Waals surface area contributed by atoms with Crippen LogP contribution < -0.4 is 20.1 Å². The molecule has 3 rings (SSSR count). The zero-order chi connectivity index (χ0) is 19.1. The Kier molecular flexibility index (Phi) is 6.54. The molecule has 0 saturated carbocycles. The maximum atomic E-state index is 12.3. The Balaban J connectivity index is 1.59. The molecule has 0 heterocycles. The number of methoxy groups -OCH3 is 1. The largest absolute Gasteiger partial charge is 0.493 e. The number of nitrogens with one attached hydrogen (secondary N) is 2. The molecule has 0 atom stereocenters. The third-order valence-electron chi connectivity index (χ3n) is 4.67. The van der Waals surface area contributed by atoms with Crippen LogP contribution in [0.2, 0.25) is 0 Å². The van der Waals surface area contributed by atoms with Crippen LogP contribution in [-0.4, -0.2) is 31.5 Å². The summed E-state index contributed by atoms with van der Waals surface area (Å²) < 4.78 is 10.7. The van der Waals surface area contributed by atoms with Gasteiger partial charge in [-0.2, -0.15) is 0 Å². The van der Waals surface area contributed by atoms with E-state index in [2.05, 4.69) is 16.7 Å². The molecule has 27 heavy (non-hydrogen) atoms. The smallest absolute Gasteiger partial charge is 0.319 e. The number of rotatable bonds is 7. The number of aryl methyl sites for hydroxylation is 1. The summed E-state index contributed by atoms with van der Waals surface area (Å²) in [7, 11) is 1.56. The van der Waals surface area contributed by atoms with Gasteiger partial charge in [0.2, 0.25) is 0 Å². The number of ether oxygens (including phenoxy) is 2. The van der Waals surface area contributed by atoms with E-state index in [1.165, 1.54) is 17.5 Å². The van der Waals surface area contributed by atoms with Crippen molar-refractivity contribution in [3.63, 3.8) is 0 Å². The van der Waals surface area contributed by atoms with Crippen LogP contribution in [0.5, 0.6) is 11.5 Å². The molecule has 2 amide bonds. The van der Waals surface area contributed by atoms with Crippen LogP contribution in [0, 0.1) is 0 Å². The van der Waals surface area contributed by atoms with Gasteiger partial charge in [-0.25, -0.2) is 4.79 Å². The molecule has 1 aliphatic rings. The molecule has 0 saturated heterocycles. The van der Waals surface area contributed by atoms with Crippen molar-refractivity contribution < 1.29 is 19.4 Å². The summed E-state index contributed by atoms with van der Waals surface area (Å²) in [5, 5.41) is 14.7. The quantitative estimate of drug-likeness (QED) is 0.699. The molecule has 2 aromatic carbocycles. The van der Waals surface area contributed by atoms with Gasteiger partial charge in [-0.05, 0) is 60.6 Å². The fraction of sp³-hybridized carbons (Fsp3) is 0.381. The average Bonchev–Trinajstić information content (AvgIpc) is 2.71. The topological polar surface area (TPSA) is 79.8 Å². The van der Waals surface area contributed by atoms with E-state index in [-0.39, 0.29) is 19.2 Å². The normalized spacial score (nSPS) is 12.8. The summed E-state index contributed by atoms with van der Waals surface area (Å²) in [6, 6.07) is 11.3. The van der Waals surface area contributed by atoms with Crippen molar-refractivity contribution in [2.24, 2.45) is 0 Å². The van der Waals surface area contributed by atoms with Gasteiger partial charge in [-0.3, -0.25) is 0 Å². The van der Waals surface area contributed by atoms with Crippen molar-refractivity contribution in [2.75, 3.05) is 25.6 Å². The zero-order valence-corrected chi connectivity index (χ0v) is 15.6. The Labute approximate surface area is 159 Å². The van der Waals surface area contributed by atoms with Gasteiger partial charge in [0.25, 0.3) is 0 Å². The Morgan fingerprint density at radius 2 is 2.00 bits per heavy atom. The molecular formula is C21H26N2O4. The van der Waals surface area contributed by atoms with Gasteiger partial charge in [0.15, 0.2) is 11.5 Å². The maximum Gasteiger partial charge on any atom is 0.319 e. The van der Waals surface area contributed by atoms with Crippen LogP contribution in [0.4, 0.5) is 10.5 Å². The van der Waals surface area contributed by atoms with Gasteiger partial charge in [-0.15, -0.1) is 0 Å². The third kappa shape index (κ3) is 4.92. The number of fused-ring (bicyclic) bond motifs is 1. The molecule has 144 valence electrons. The van der Waals surface area contributed by atoms with Crippen LogP contribution in [0.1, 0.15) is 29.5 Å². The molecule has 0 radical (unpaired) electrons. The second kappa shape index (κ2) is 9.28. The Morgan fingerprint density at radius 3 is 2.81 bits per heavy atom. The highest BCUT2D eigenvalue weighted by atomic mass is 16.5. The number of aliphatic hydroxyl groups excluding tert-OH is 1. The number of carbonyl (C=O) groups excluding carboxylic acids is 1. The van der Waals surface area contributed by atoms with Crippen LogP contribution in [0.15, 0.2) is 36.4 Å². The monoisotopic (exact) mass is 370 g/mol. The lowest BCUT2D eigenvalue weighted by molar-refractivity contribution is 0.196. The molecule has 2 aromatic rings. The van der Waals surface area contributed by atoms with Gasteiger partial charge in [0, 0.05) is 12.2 Å². The highest BCUT2D eigenvalue weighted by molar-refractivity contribution is 5.90. The maximum absolute atomic E-state index is 12.3.